The minimum Gasteiger partial charge on any atom is -0.494 e. The van der Waals surface area contributed by atoms with E-state index in [1.807, 2.05) is 60.4 Å². The molecule has 3 heterocycles. The van der Waals surface area contributed by atoms with Gasteiger partial charge in [-0.05, 0) is 67.7 Å². The van der Waals surface area contributed by atoms with Gasteiger partial charge in [0.1, 0.15) is 24.7 Å². The lowest BCUT2D eigenvalue weighted by Crippen LogP contribution is -2.35. The largest absolute Gasteiger partial charge is 0.494 e. The Balaban J connectivity index is 1.41. The zero-order valence-electron chi connectivity index (χ0n) is 19.2. The number of thiocarbonyl (C=S) groups is 1. The summed E-state index contributed by atoms with van der Waals surface area (Å²) >= 11 is 5.73. The fourth-order valence-corrected chi connectivity index (χ4v) is 4.15. The summed E-state index contributed by atoms with van der Waals surface area (Å²) in [5.41, 5.74) is 1.88. The van der Waals surface area contributed by atoms with Crippen LogP contribution >= 0.6 is 12.2 Å². The van der Waals surface area contributed by atoms with Gasteiger partial charge in [0.05, 0.1) is 31.5 Å². The van der Waals surface area contributed by atoms with Gasteiger partial charge in [-0.2, -0.15) is 0 Å². The summed E-state index contributed by atoms with van der Waals surface area (Å²) < 4.78 is 22.4. The molecule has 0 unspecified atom stereocenters. The highest BCUT2D eigenvalue weighted by Gasteiger charge is 2.18. The van der Waals surface area contributed by atoms with Crippen LogP contribution in [-0.4, -0.2) is 34.8 Å². The number of rotatable bonds is 7. The number of nitrogens with zero attached hydrogens (tertiary/aromatic N) is 1. The van der Waals surface area contributed by atoms with E-state index < -0.39 is 0 Å². The molecule has 180 valence electrons. The third-order valence-corrected chi connectivity index (χ3v) is 5.94. The molecule has 0 radical (unpaired) electrons. The highest BCUT2D eigenvalue weighted by molar-refractivity contribution is 7.80. The van der Waals surface area contributed by atoms with E-state index in [1.54, 1.807) is 12.3 Å². The van der Waals surface area contributed by atoms with Crippen molar-refractivity contribution in [2.75, 3.05) is 25.1 Å². The van der Waals surface area contributed by atoms with Crippen LogP contribution in [0.1, 0.15) is 18.2 Å². The molecule has 0 aliphatic carbocycles. The molecule has 2 N–H and O–H groups in total. The van der Waals surface area contributed by atoms with Gasteiger partial charge in [-0.3, -0.25) is 4.79 Å². The van der Waals surface area contributed by atoms with Crippen LogP contribution in [0.25, 0.3) is 10.9 Å². The number of H-pyrrole nitrogens is 1. The molecule has 0 fully saturated rings. The molecule has 35 heavy (non-hydrogen) atoms. The third kappa shape index (κ3) is 5.25. The van der Waals surface area contributed by atoms with Gasteiger partial charge in [-0.1, -0.05) is 0 Å². The number of hydrogen-bond acceptors (Lipinski definition) is 6. The van der Waals surface area contributed by atoms with E-state index in [2.05, 4.69) is 10.3 Å². The van der Waals surface area contributed by atoms with E-state index in [-0.39, 0.29) is 12.1 Å². The number of nitrogens with one attached hydrogen (secondary N) is 2. The van der Waals surface area contributed by atoms with Crippen LogP contribution in [0.3, 0.4) is 0 Å². The third-order valence-electron chi connectivity index (χ3n) is 5.58. The first-order chi connectivity index (χ1) is 17.1. The number of fused-ring (bicyclic) bond motifs is 2. The number of aromatic nitrogens is 1. The van der Waals surface area contributed by atoms with Crippen LogP contribution < -0.4 is 25.1 Å². The van der Waals surface area contributed by atoms with Crippen molar-refractivity contribution in [1.82, 2.24) is 9.88 Å². The van der Waals surface area contributed by atoms with Gasteiger partial charge < -0.3 is 33.8 Å². The first-order valence-corrected chi connectivity index (χ1v) is 11.8. The molecule has 0 atom stereocenters. The minimum atomic E-state index is -0.192. The molecular weight excluding hydrogens is 466 g/mol. The lowest BCUT2D eigenvalue weighted by molar-refractivity contribution is 0.172. The fraction of sp³-hybridized carbons (Fsp3) is 0.231. The normalized spacial score (nSPS) is 12.4. The molecule has 1 aliphatic rings. The van der Waals surface area contributed by atoms with Crippen LogP contribution in [0.2, 0.25) is 0 Å². The zero-order chi connectivity index (χ0) is 24.2. The van der Waals surface area contributed by atoms with E-state index in [0.29, 0.717) is 54.1 Å². The van der Waals surface area contributed by atoms with Crippen LogP contribution in [-0.2, 0) is 13.1 Å². The van der Waals surface area contributed by atoms with Gasteiger partial charge in [-0.25, -0.2) is 0 Å². The van der Waals surface area contributed by atoms with E-state index in [9.17, 15) is 4.79 Å². The molecule has 9 heteroatoms. The second-order valence-corrected chi connectivity index (χ2v) is 8.42. The van der Waals surface area contributed by atoms with Crippen LogP contribution in [0.5, 0.6) is 17.2 Å². The molecule has 0 bridgehead atoms. The monoisotopic (exact) mass is 491 g/mol. The molecule has 8 nitrogen and oxygen atoms in total. The van der Waals surface area contributed by atoms with E-state index in [4.69, 9.17) is 30.8 Å². The summed E-state index contributed by atoms with van der Waals surface area (Å²) in [5.74, 6) is 2.82. The Morgan fingerprint density at radius 1 is 1.09 bits per heavy atom. The van der Waals surface area contributed by atoms with Crippen molar-refractivity contribution >= 4 is 33.9 Å². The van der Waals surface area contributed by atoms with E-state index in [1.165, 1.54) is 0 Å². The van der Waals surface area contributed by atoms with E-state index >= 15 is 0 Å². The first-order valence-electron chi connectivity index (χ1n) is 11.4. The Hall–Kier alpha value is -3.98. The summed E-state index contributed by atoms with van der Waals surface area (Å²) in [4.78, 5) is 17.8. The number of furan rings is 1. The highest BCUT2D eigenvalue weighted by Crippen LogP contribution is 2.33. The van der Waals surface area contributed by atoms with Gasteiger partial charge in [0.2, 0.25) is 0 Å². The van der Waals surface area contributed by atoms with Gasteiger partial charge >= 0.3 is 0 Å². The van der Waals surface area contributed by atoms with Gasteiger partial charge in [-0.15, -0.1) is 0 Å². The Kier molecular flexibility index (Phi) is 6.58. The summed E-state index contributed by atoms with van der Waals surface area (Å²) in [7, 11) is 0. The molecule has 2 aromatic carbocycles. The highest BCUT2D eigenvalue weighted by atomic mass is 32.1. The number of hydrogen-bond donors (Lipinski definition) is 2. The molecular formula is C26H25N3O5S. The summed E-state index contributed by atoms with van der Waals surface area (Å²) in [5, 5.41) is 4.57. The number of benzene rings is 2. The second-order valence-electron chi connectivity index (χ2n) is 8.03. The molecule has 0 spiro atoms. The van der Waals surface area contributed by atoms with Crippen molar-refractivity contribution in [2.45, 2.75) is 20.0 Å². The van der Waals surface area contributed by atoms with Crippen molar-refractivity contribution in [3.05, 3.63) is 82.5 Å². The number of ether oxygens (including phenoxy) is 3. The maximum atomic E-state index is 13.0. The first kappa shape index (κ1) is 22.8. The maximum Gasteiger partial charge on any atom is 0.253 e. The maximum absolute atomic E-state index is 13.0. The van der Waals surface area contributed by atoms with Crippen LogP contribution in [0, 0.1) is 0 Å². The molecule has 0 saturated heterocycles. The Labute approximate surface area is 207 Å². The van der Waals surface area contributed by atoms with Gasteiger partial charge in [0.15, 0.2) is 16.6 Å². The molecule has 0 saturated carbocycles. The van der Waals surface area contributed by atoms with Gasteiger partial charge in [0.25, 0.3) is 5.56 Å². The smallest absolute Gasteiger partial charge is 0.253 e. The van der Waals surface area contributed by atoms with Crippen molar-refractivity contribution in [3.63, 3.8) is 0 Å². The zero-order valence-corrected chi connectivity index (χ0v) is 20.0. The molecule has 0 amide bonds. The number of anilines is 1. The van der Waals surface area contributed by atoms with Crippen LogP contribution in [0.15, 0.2) is 70.1 Å². The molecule has 4 aromatic rings. The van der Waals surface area contributed by atoms with Crippen molar-refractivity contribution in [2.24, 2.45) is 0 Å². The lowest BCUT2D eigenvalue weighted by atomic mass is 10.1. The van der Waals surface area contributed by atoms with Crippen molar-refractivity contribution < 1.29 is 18.6 Å². The summed E-state index contributed by atoms with van der Waals surface area (Å²) in [6, 6.07) is 16.8. The van der Waals surface area contributed by atoms with E-state index in [0.717, 1.165) is 22.6 Å². The number of aromatic amines is 1. The fourth-order valence-electron chi connectivity index (χ4n) is 3.90. The molecule has 2 aromatic heterocycles. The standard InChI is InChI=1S/C26H25N3O5S/c1-2-31-20-7-5-19(6-8-20)27-26(35)29(16-21-4-3-9-32-21)15-18-12-17-13-23-24(34-11-10-33-23)14-22(17)28-25(18)30/h3-9,12-14H,2,10-11,15-16H2,1H3,(H,27,35)(H,28,30). The predicted molar refractivity (Wildman–Crippen MR) is 137 cm³/mol. The molecule has 5 rings (SSSR count). The average molecular weight is 492 g/mol. The number of pyridine rings is 1. The second kappa shape index (κ2) is 10.1. The Morgan fingerprint density at radius 3 is 2.57 bits per heavy atom. The lowest BCUT2D eigenvalue weighted by Gasteiger charge is -2.25. The predicted octanol–water partition coefficient (Wildman–Crippen LogP) is 4.69. The van der Waals surface area contributed by atoms with Crippen LogP contribution in [0.4, 0.5) is 5.69 Å². The minimum absolute atomic E-state index is 0.192. The summed E-state index contributed by atoms with van der Waals surface area (Å²) in [6.45, 7) is 4.21. The van der Waals surface area contributed by atoms with Gasteiger partial charge in [0, 0.05) is 22.7 Å². The molecule has 1 aliphatic heterocycles. The quantitative estimate of drug-likeness (QED) is 0.360. The SMILES string of the molecule is CCOc1ccc(NC(=S)N(Cc2ccco2)Cc2cc3cc4c(cc3[nH]c2=O)OCCO4)cc1. The van der Waals surface area contributed by atoms with Crippen molar-refractivity contribution in [1.29, 1.82) is 0 Å². The topological polar surface area (TPSA) is 89.0 Å². The van der Waals surface area contributed by atoms with Crippen molar-refractivity contribution in [3.8, 4) is 17.2 Å². The Morgan fingerprint density at radius 2 is 1.86 bits per heavy atom. The summed E-state index contributed by atoms with van der Waals surface area (Å²) in [6.07, 6.45) is 1.62. The average Bonchev–Trinajstić information content (AvgIpc) is 3.37. The Bertz CT molecular complexity index is 1380.